The minimum absolute atomic E-state index is 0.0655. The van der Waals surface area contributed by atoms with Crippen LogP contribution in [0.1, 0.15) is 18.4 Å². The van der Waals surface area contributed by atoms with Gasteiger partial charge in [-0.1, -0.05) is 24.8 Å². The Hall–Kier alpha value is -2.63. The monoisotopic (exact) mass is 275 g/mol. The minimum atomic E-state index is -0.804. The molecular weight excluding hydrogens is 262 g/mol. The van der Waals surface area contributed by atoms with Crippen LogP contribution in [-0.2, 0) is 19.2 Å². The van der Waals surface area contributed by atoms with Crippen LogP contribution in [0.5, 0.6) is 5.75 Å². The number of hydrogen-bond acceptors (Lipinski definition) is 5. The highest BCUT2D eigenvalue weighted by molar-refractivity contribution is 6.01. The molecule has 0 aliphatic carbocycles. The predicted octanol–water partition coefficient (Wildman–Crippen LogP) is 1.32. The third kappa shape index (κ3) is 3.23. The molecule has 20 heavy (non-hydrogen) atoms. The molecule has 0 spiro atoms. The maximum atomic E-state index is 11.5. The van der Waals surface area contributed by atoms with Crippen molar-refractivity contribution >= 4 is 23.9 Å². The molecule has 0 N–H and O–H groups in total. The van der Waals surface area contributed by atoms with E-state index in [0.717, 1.165) is 5.56 Å². The van der Waals surface area contributed by atoms with Gasteiger partial charge in [-0.3, -0.25) is 9.59 Å². The summed E-state index contributed by atoms with van der Waals surface area (Å²) in [7, 11) is 0. The fourth-order valence-corrected chi connectivity index (χ4v) is 1.63. The van der Waals surface area contributed by atoms with Gasteiger partial charge in [-0.25, -0.2) is 4.79 Å². The molecule has 6 nitrogen and oxygen atoms in total. The highest BCUT2D eigenvalue weighted by Gasteiger charge is 2.32. The van der Waals surface area contributed by atoms with E-state index in [2.05, 4.69) is 11.4 Å². The lowest BCUT2D eigenvalue weighted by molar-refractivity contribution is -0.198. The number of carbonyl (C=O) groups is 3. The van der Waals surface area contributed by atoms with Gasteiger partial charge in [0.2, 0.25) is 0 Å². The first-order valence-corrected chi connectivity index (χ1v) is 6.02. The van der Waals surface area contributed by atoms with Crippen molar-refractivity contribution in [2.45, 2.75) is 12.8 Å². The second kappa shape index (κ2) is 6.01. The van der Waals surface area contributed by atoms with Crippen molar-refractivity contribution in [1.29, 1.82) is 0 Å². The molecule has 1 aliphatic rings. The van der Waals surface area contributed by atoms with Gasteiger partial charge in [-0.05, 0) is 17.7 Å². The van der Waals surface area contributed by atoms with Crippen molar-refractivity contribution in [3.8, 4) is 5.75 Å². The molecule has 2 rings (SSSR count). The van der Waals surface area contributed by atoms with Gasteiger partial charge in [0.15, 0.2) is 6.61 Å². The van der Waals surface area contributed by atoms with Crippen LogP contribution in [0.3, 0.4) is 0 Å². The molecule has 0 unspecified atom stereocenters. The summed E-state index contributed by atoms with van der Waals surface area (Å²) < 4.78 is 5.19. The van der Waals surface area contributed by atoms with Crippen LogP contribution in [0.2, 0.25) is 0 Å². The third-order valence-electron chi connectivity index (χ3n) is 2.67. The fourth-order valence-electron chi connectivity index (χ4n) is 1.63. The molecule has 0 radical (unpaired) electrons. The number of carbonyl (C=O) groups excluding carboxylic acids is 3. The van der Waals surface area contributed by atoms with E-state index in [1.165, 1.54) is 0 Å². The van der Waals surface area contributed by atoms with E-state index in [1.54, 1.807) is 30.3 Å². The lowest BCUT2D eigenvalue weighted by Crippen LogP contribution is -2.33. The number of rotatable bonds is 5. The van der Waals surface area contributed by atoms with Gasteiger partial charge in [0.1, 0.15) is 5.75 Å². The van der Waals surface area contributed by atoms with Gasteiger partial charge >= 0.3 is 5.97 Å². The molecule has 0 atom stereocenters. The minimum Gasteiger partial charge on any atom is -0.482 e. The van der Waals surface area contributed by atoms with Crippen molar-refractivity contribution in [3.63, 3.8) is 0 Å². The highest BCUT2D eigenvalue weighted by Crippen LogP contribution is 2.14. The van der Waals surface area contributed by atoms with Crippen molar-refractivity contribution in [3.05, 3.63) is 36.4 Å². The van der Waals surface area contributed by atoms with Crippen LogP contribution in [0.25, 0.3) is 6.08 Å². The average molecular weight is 275 g/mol. The SMILES string of the molecule is C=Cc1ccc(OCC(=O)ON2C(=O)CCC2=O)cc1. The zero-order valence-electron chi connectivity index (χ0n) is 10.7. The lowest BCUT2D eigenvalue weighted by atomic mass is 10.2. The van der Waals surface area contributed by atoms with Crippen LogP contribution in [0, 0.1) is 0 Å². The van der Waals surface area contributed by atoms with Gasteiger partial charge in [-0.2, -0.15) is 0 Å². The van der Waals surface area contributed by atoms with Gasteiger partial charge < -0.3 is 9.57 Å². The van der Waals surface area contributed by atoms with E-state index in [-0.39, 0.29) is 19.4 Å². The zero-order valence-corrected chi connectivity index (χ0v) is 10.7. The maximum Gasteiger partial charge on any atom is 0.370 e. The Labute approximate surface area is 115 Å². The van der Waals surface area contributed by atoms with Crippen molar-refractivity contribution in [1.82, 2.24) is 5.06 Å². The number of nitrogens with zero attached hydrogens (tertiary/aromatic N) is 1. The van der Waals surface area contributed by atoms with E-state index in [0.29, 0.717) is 10.8 Å². The summed E-state index contributed by atoms with van der Waals surface area (Å²) in [4.78, 5) is 38.6. The van der Waals surface area contributed by atoms with E-state index >= 15 is 0 Å². The number of hydrogen-bond donors (Lipinski definition) is 0. The molecule has 2 amide bonds. The summed E-state index contributed by atoms with van der Waals surface area (Å²) in [6.45, 7) is 3.24. The summed E-state index contributed by atoms with van der Waals surface area (Å²) >= 11 is 0. The number of amides is 2. The van der Waals surface area contributed by atoms with E-state index in [4.69, 9.17) is 4.74 Å². The molecule has 104 valence electrons. The molecule has 6 heteroatoms. The summed E-state index contributed by atoms with van der Waals surface area (Å²) in [5, 5.41) is 0.493. The van der Waals surface area contributed by atoms with E-state index < -0.39 is 17.8 Å². The normalized spacial score (nSPS) is 14.3. The molecule has 1 aromatic carbocycles. The molecule has 0 bridgehead atoms. The first-order valence-electron chi connectivity index (χ1n) is 6.02. The Balaban J connectivity index is 1.84. The summed E-state index contributed by atoms with van der Waals surface area (Å²) in [6.07, 6.45) is 1.81. The number of benzene rings is 1. The van der Waals surface area contributed by atoms with Crippen molar-refractivity contribution in [2.24, 2.45) is 0 Å². The smallest absolute Gasteiger partial charge is 0.370 e. The number of hydroxylamine groups is 2. The molecule has 1 aliphatic heterocycles. The first kappa shape index (κ1) is 13.8. The van der Waals surface area contributed by atoms with E-state index in [9.17, 15) is 14.4 Å². The Bertz CT molecular complexity index is 533. The standard InChI is InChI=1S/C14H13NO5/c1-2-10-3-5-11(6-4-10)19-9-14(18)20-15-12(16)7-8-13(15)17/h2-6H,1,7-9H2. The molecule has 0 saturated carbocycles. The topological polar surface area (TPSA) is 72.9 Å². The van der Waals surface area contributed by atoms with Gasteiger partial charge in [-0.15, -0.1) is 5.06 Å². The molecular formula is C14H13NO5. The lowest BCUT2D eigenvalue weighted by Gasteiger charge is -2.12. The molecule has 1 aromatic rings. The van der Waals surface area contributed by atoms with Crippen LogP contribution >= 0.6 is 0 Å². The second-order valence-electron chi connectivity index (χ2n) is 4.11. The van der Waals surface area contributed by atoms with Gasteiger partial charge in [0.25, 0.3) is 11.8 Å². The zero-order chi connectivity index (χ0) is 14.5. The molecule has 1 heterocycles. The Morgan fingerprint density at radius 1 is 1.20 bits per heavy atom. The Morgan fingerprint density at radius 3 is 2.35 bits per heavy atom. The van der Waals surface area contributed by atoms with Crippen LogP contribution in [0.4, 0.5) is 0 Å². The Kier molecular flexibility index (Phi) is 4.14. The van der Waals surface area contributed by atoms with Crippen LogP contribution in [-0.4, -0.2) is 29.5 Å². The first-order chi connectivity index (χ1) is 9.60. The summed E-state index contributed by atoms with van der Waals surface area (Å²) in [5.41, 5.74) is 0.924. The van der Waals surface area contributed by atoms with Gasteiger partial charge in [0, 0.05) is 12.8 Å². The average Bonchev–Trinajstić information content (AvgIpc) is 2.77. The van der Waals surface area contributed by atoms with Crippen LogP contribution in [0.15, 0.2) is 30.8 Å². The van der Waals surface area contributed by atoms with Crippen LogP contribution < -0.4 is 4.74 Å². The highest BCUT2D eigenvalue weighted by atomic mass is 16.7. The number of imide groups is 1. The molecule has 0 aromatic heterocycles. The number of ether oxygens (including phenoxy) is 1. The molecule has 1 saturated heterocycles. The predicted molar refractivity (Wildman–Crippen MR) is 69.2 cm³/mol. The quantitative estimate of drug-likeness (QED) is 0.758. The second-order valence-corrected chi connectivity index (χ2v) is 4.11. The van der Waals surface area contributed by atoms with E-state index in [1.807, 2.05) is 0 Å². The van der Waals surface area contributed by atoms with Crippen molar-refractivity contribution in [2.75, 3.05) is 6.61 Å². The molecule has 1 fully saturated rings. The summed E-state index contributed by atoms with van der Waals surface area (Å²) in [5.74, 6) is -1.36. The largest absolute Gasteiger partial charge is 0.482 e. The van der Waals surface area contributed by atoms with Crippen molar-refractivity contribution < 1.29 is 24.0 Å². The Morgan fingerprint density at radius 2 is 1.80 bits per heavy atom. The maximum absolute atomic E-state index is 11.5. The summed E-state index contributed by atoms with van der Waals surface area (Å²) in [6, 6.07) is 6.91. The third-order valence-corrected chi connectivity index (χ3v) is 2.67. The fraction of sp³-hybridized carbons (Fsp3) is 0.214. The van der Waals surface area contributed by atoms with Gasteiger partial charge in [0.05, 0.1) is 0 Å².